The largest absolute Gasteiger partial charge is 0.302 e. The van der Waals surface area contributed by atoms with Gasteiger partial charge >= 0.3 is 0 Å². The zero-order valence-corrected chi connectivity index (χ0v) is 8.97. The standard InChI is InChI=1S/C11H11NOS/c1-7-3-5-8-9(6-4-7)11(14)12(2)10(8)13/h3-7H,1-2H3. The smallest absolute Gasteiger partial charge is 0.259 e. The molecule has 1 heterocycles. The van der Waals surface area contributed by atoms with Gasteiger partial charge in [-0.05, 0) is 5.92 Å². The van der Waals surface area contributed by atoms with Crippen LogP contribution >= 0.6 is 12.2 Å². The van der Waals surface area contributed by atoms with Crippen LogP contribution in [0.5, 0.6) is 0 Å². The van der Waals surface area contributed by atoms with Crippen LogP contribution in [0.25, 0.3) is 0 Å². The fourth-order valence-electron chi connectivity index (χ4n) is 1.57. The Hall–Kier alpha value is -1.22. The number of hydrogen-bond acceptors (Lipinski definition) is 2. The summed E-state index contributed by atoms with van der Waals surface area (Å²) in [4.78, 5) is 13.8. The van der Waals surface area contributed by atoms with Crippen molar-refractivity contribution < 1.29 is 4.79 Å². The van der Waals surface area contributed by atoms with E-state index < -0.39 is 0 Å². The molecule has 72 valence electrons. The van der Waals surface area contributed by atoms with E-state index >= 15 is 0 Å². The van der Waals surface area contributed by atoms with Crippen molar-refractivity contribution in [2.24, 2.45) is 5.92 Å². The molecule has 0 spiro atoms. The van der Waals surface area contributed by atoms with E-state index in [-0.39, 0.29) is 5.91 Å². The molecule has 14 heavy (non-hydrogen) atoms. The van der Waals surface area contributed by atoms with Crippen molar-refractivity contribution in [3.8, 4) is 0 Å². The quantitative estimate of drug-likeness (QED) is 0.562. The average molecular weight is 205 g/mol. The summed E-state index contributed by atoms with van der Waals surface area (Å²) in [6.45, 7) is 2.08. The van der Waals surface area contributed by atoms with Gasteiger partial charge in [0.1, 0.15) is 4.99 Å². The topological polar surface area (TPSA) is 20.3 Å². The molecule has 1 aliphatic heterocycles. The molecule has 1 atom stereocenters. The number of likely N-dealkylation sites (N-methyl/N-ethyl adjacent to an activating group) is 1. The monoisotopic (exact) mass is 205 g/mol. The van der Waals surface area contributed by atoms with Crippen molar-refractivity contribution in [1.29, 1.82) is 0 Å². The normalized spacial score (nSPS) is 25.9. The maximum Gasteiger partial charge on any atom is 0.259 e. The molecule has 0 aromatic carbocycles. The third-order valence-corrected chi connectivity index (χ3v) is 2.99. The predicted molar refractivity (Wildman–Crippen MR) is 59.8 cm³/mol. The maximum atomic E-state index is 11.7. The summed E-state index contributed by atoms with van der Waals surface area (Å²) in [5, 5.41) is 0. The molecule has 0 bridgehead atoms. The van der Waals surface area contributed by atoms with Crippen molar-refractivity contribution in [3.63, 3.8) is 0 Å². The number of allylic oxidation sites excluding steroid dienone is 2. The van der Waals surface area contributed by atoms with Crippen LogP contribution in [0.15, 0.2) is 35.5 Å². The Balaban J connectivity index is 2.51. The lowest BCUT2D eigenvalue weighted by atomic mass is 10.1. The van der Waals surface area contributed by atoms with Gasteiger partial charge in [0, 0.05) is 18.2 Å². The van der Waals surface area contributed by atoms with E-state index in [1.54, 1.807) is 7.05 Å². The van der Waals surface area contributed by atoms with Crippen molar-refractivity contribution in [2.75, 3.05) is 7.05 Å². The molecule has 2 rings (SSSR count). The summed E-state index contributed by atoms with van der Waals surface area (Å²) in [6, 6.07) is 0. The first-order chi connectivity index (χ1) is 6.61. The Bertz CT molecular complexity index is 368. The fourth-order valence-corrected chi connectivity index (χ4v) is 1.83. The minimum absolute atomic E-state index is 0.000000000000000222. The van der Waals surface area contributed by atoms with E-state index in [1.807, 2.05) is 18.2 Å². The highest BCUT2D eigenvalue weighted by molar-refractivity contribution is 7.80. The van der Waals surface area contributed by atoms with E-state index in [0.29, 0.717) is 10.9 Å². The lowest BCUT2D eigenvalue weighted by Gasteiger charge is -2.08. The molecule has 0 fully saturated rings. The van der Waals surface area contributed by atoms with Crippen LogP contribution in [-0.2, 0) is 4.79 Å². The van der Waals surface area contributed by atoms with E-state index in [2.05, 4.69) is 13.0 Å². The highest BCUT2D eigenvalue weighted by Crippen LogP contribution is 2.26. The summed E-state index contributed by atoms with van der Waals surface area (Å²) in [6.07, 6.45) is 7.89. The Morgan fingerprint density at radius 1 is 1.29 bits per heavy atom. The number of hydrogen-bond donors (Lipinski definition) is 0. The van der Waals surface area contributed by atoms with E-state index in [9.17, 15) is 4.79 Å². The first kappa shape index (κ1) is 9.34. The van der Waals surface area contributed by atoms with E-state index in [1.165, 1.54) is 4.90 Å². The summed E-state index contributed by atoms with van der Waals surface area (Å²) in [5.74, 6) is 0.363. The van der Waals surface area contributed by atoms with Crippen LogP contribution in [0.3, 0.4) is 0 Å². The minimum atomic E-state index is 0.000000000000000222. The second-order valence-electron chi connectivity index (χ2n) is 3.57. The van der Waals surface area contributed by atoms with Crippen molar-refractivity contribution in [3.05, 3.63) is 35.5 Å². The highest BCUT2D eigenvalue weighted by Gasteiger charge is 2.30. The molecule has 0 radical (unpaired) electrons. The molecule has 2 aliphatic rings. The van der Waals surface area contributed by atoms with Gasteiger partial charge < -0.3 is 4.90 Å². The lowest BCUT2D eigenvalue weighted by Crippen LogP contribution is -2.25. The fraction of sp³-hybridized carbons (Fsp3) is 0.273. The molecule has 0 saturated carbocycles. The molecule has 1 unspecified atom stereocenters. The SMILES string of the molecule is CC1C=CC2=C(C=C1)C(=S)N(C)C2=O. The highest BCUT2D eigenvalue weighted by atomic mass is 32.1. The minimum Gasteiger partial charge on any atom is -0.302 e. The number of nitrogens with zero attached hydrogens (tertiary/aromatic N) is 1. The Morgan fingerprint density at radius 3 is 2.50 bits per heavy atom. The van der Waals surface area contributed by atoms with Crippen LogP contribution in [-0.4, -0.2) is 22.8 Å². The van der Waals surface area contributed by atoms with Gasteiger partial charge in [0.05, 0.1) is 0 Å². The average Bonchev–Trinajstić information content (AvgIpc) is 2.34. The zero-order chi connectivity index (χ0) is 10.3. The lowest BCUT2D eigenvalue weighted by molar-refractivity contribution is -0.121. The maximum absolute atomic E-state index is 11.7. The van der Waals surface area contributed by atoms with Crippen LogP contribution < -0.4 is 0 Å². The third kappa shape index (κ3) is 1.24. The molecule has 3 heteroatoms. The van der Waals surface area contributed by atoms with Gasteiger partial charge in [-0.3, -0.25) is 4.79 Å². The van der Waals surface area contributed by atoms with Gasteiger partial charge in [-0.25, -0.2) is 0 Å². The van der Waals surface area contributed by atoms with Crippen LogP contribution in [0, 0.1) is 5.92 Å². The molecule has 1 aliphatic carbocycles. The van der Waals surface area contributed by atoms with Gasteiger partial charge in [-0.15, -0.1) is 0 Å². The zero-order valence-electron chi connectivity index (χ0n) is 8.15. The number of carbonyl (C=O) groups is 1. The number of thiocarbonyl (C=S) groups is 1. The second-order valence-corrected chi connectivity index (χ2v) is 3.96. The molecule has 0 N–H and O–H groups in total. The van der Waals surface area contributed by atoms with Gasteiger partial charge in [0.15, 0.2) is 0 Å². The second kappa shape index (κ2) is 3.17. The molecular weight excluding hydrogens is 194 g/mol. The van der Waals surface area contributed by atoms with Gasteiger partial charge in [-0.2, -0.15) is 0 Å². The first-order valence-corrected chi connectivity index (χ1v) is 4.95. The summed E-state index contributed by atoms with van der Waals surface area (Å²) < 4.78 is 0. The molecular formula is C11H11NOS. The Labute approximate surface area is 88.6 Å². The number of carbonyl (C=O) groups excluding carboxylic acids is 1. The molecule has 2 nitrogen and oxygen atoms in total. The predicted octanol–water partition coefficient (Wildman–Crippen LogP) is 1.84. The first-order valence-electron chi connectivity index (χ1n) is 4.54. The third-order valence-electron chi connectivity index (χ3n) is 2.49. The van der Waals surface area contributed by atoms with Crippen molar-refractivity contribution in [2.45, 2.75) is 6.92 Å². The van der Waals surface area contributed by atoms with Gasteiger partial charge in [-0.1, -0.05) is 43.4 Å². The van der Waals surface area contributed by atoms with Crippen LogP contribution in [0.2, 0.25) is 0 Å². The number of amides is 1. The molecule has 0 aromatic rings. The van der Waals surface area contributed by atoms with Crippen molar-refractivity contribution >= 4 is 23.1 Å². The van der Waals surface area contributed by atoms with E-state index in [4.69, 9.17) is 12.2 Å². The molecule has 0 aromatic heterocycles. The summed E-state index contributed by atoms with van der Waals surface area (Å²) in [5.41, 5.74) is 1.60. The van der Waals surface area contributed by atoms with Gasteiger partial charge in [0.2, 0.25) is 0 Å². The Kier molecular flexibility index (Phi) is 2.11. The summed E-state index contributed by atoms with van der Waals surface area (Å²) in [7, 11) is 1.71. The molecule has 0 saturated heterocycles. The van der Waals surface area contributed by atoms with Crippen LogP contribution in [0.4, 0.5) is 0 Å². The van der Waals surface area contributed by atoms with E-state index in [0.717, 1.165) is 11.1 Å². The van der Waals surface area contributed by atoms with Crippen LogP contribution in [0.1, 0.15) is 6.92 Å². The van der Waals surface area contributed by atoms with Crippen molar-refractivity contribution in [1.82, 2.24) is 4.90 Å². The molecule has 1 amide bonds. The Morgan fingerprint density at radius 2 is 1.86 bits per heavy atom. The number of rotatable bonds is 0. The summed E-state index contributed by atoms with van der Waals surface area (Å²) >= 11 is 5.18. The van der Waals surface area contributed by atoms with Gasteiger partial charge in [0.25, 0.3) is 5.91 Å².